The molecule has 5 aliphatic rings. The average Bonchev–Trinajstić information content (AvgIpc) is 3.59. The van der Waals surface area contributed by atoms with Crippen molar-refractivity contribution in [3.8, 4) is 11.8 Å². The lowest BCUT2D eigenvalue weighted by Gasteiger charge is -2.39. The number of nitrogens with zero attached hydrogens (tertiary/aromatic N) is 8. The highest BCUT2D eigenvalue weighted by Gasteiger charge is 2.39. The van der Waals surface area contributed by atoms with Gasteiger partial charge >= 0.3 is 0 Å². The van der Waals surface area contributed by atoms with Gasteiger partial charge < -0.3 is 35.2 Å². The van der Waals surface area contributed by atoms with E-state index in [1.807, 2.05) is 36.4 Å². The van der Waals surface area contributed by atoms with E-state index in [1.54, 1.807) is 23.2 Å². The van der Waals surface area contributed by atoms with Crippen molar-refractivity contribution in [3.63, 3.8) is 0 Å². The number of pyridine rings is 1. The van der Waals surface area contributed by atoms with Crippen molar-refractivity contribution in [2.75, 3.05) is 55.6 Å². The predicted octanol–water partition coefficient (Wildman–Crippen LogP) is 3.61. The van der Waals surface area contributed by atoms with Crippen molar-refractivity contribution in [2.45, 2.75) is 82.3 Å². The lowest BCUT2D eigenvalue weighted by atomic mass is 9.92. The maximum atomic E-state index is 13.2. The summed E-state index contributed by atoms with van der Waals surface area (Å²) >= 11 is 0. The van der Waals surface area contributed by atoms with Gasteiger partial charge in [0.2, 0.25) is 5.91 Å². The van der Waals surface area contributed by atoms with Gasteiger partial charge in [-0.05, 0) is 111 Å². The first kappa shape index (κ1) is 38.7. The van der Waals surface area contributed by atoms with Crippen LogP contribution in [0.3, 0.4) is 0 Å². The normalized spacial score (nSPS) is 24.1. The molecule has 2 aromatic heterocycles. The molecule has 4 fully saturated rings. The van der Waals surface area contributed by atoms with E-state index >= 15 is 0 Å². The van der Waals surface area contributed by atoms with Crippen LogP contribution in [0, 0.1) is 17.2 Å². The number of hydrogen-bond acceptors (Lipinski definition) is 12. The number of aliphatic hydroxyl groups excluding tert-OH is 1. The molecular weight excluding hydrogens is 749 g/mol. The third kappa shape index (κ3) is 8.24. The zero-order valence-electron chi connectivity index (χ0n) is 33.1. The molecule has 1 aliphatic carbocycles. The number of piperidine rings is 2. The molecular formula is C44H50N10O5. The minimum absolute atomic E-state index is 0.0232. The van der Waals surface area contributed by atoms with Crippen LogP contribution in [-0.4, -0.2) is 118 Å². The van der Waals surface area contributed by atoms with E-state index in [1.165, 1.54) is 0 Å². The first-order valence-corrected chi connectivity index (χ1v) is 21.0. The van der Waals surface area contributed by atoms with Gasteiger partial charge in [0.1, 0.15) is 18.0 Å². The number of piperazine rings is 1. The molecule has 2 aromatic carbocycles. The van der Waals surface area contributed by atoms with Gasteiger partial charge in [-0.1, -0.05) is 0 Å². The van der Waals surface area contributed by atoms with Gasteiger partial charge in [-0.2, -0.15) is 5.26 Å². The van der Waals surface area contributed by atoms with Crippen LogP contribution in [0.25, 0.3) is 10.9 Å². The minimum atomic E-state index is -1.04. The van der Waals surface area contributed by atoms with Gasteiger partial charge in [0, 0.05) is 87.7 Å². The highest BCUT2D eigenvalue weighted by Crippen LogP contribution is 2.33. The Morgan fingerprint density at radius 3 is 2.47 bits per heavy atom. The topological polar surface area (TPSA) is 180 Å². The molecule has 0 radical (unpaired) electrons. The number of fused-ring (bicyclic) bond motifs is 2. The number of nitrogens with one attached hydrogen (secondary N) is 2. The van der Waals surface area contributed by atoms with Crippen molar-refractivity contribution < 1.29 is 24.2 Å². The number of ether oxygens (including phenoxy) is 1. The SMILES string of the molecule is N#Cc1ccc(OC2CCC(NC(=O)c3ccc(N4CCC(CN5CCN(c6ccc7c(c6)CN([C@H]6CCC(=O)NC6O)C7=O)CC5)CC4)nn3)CC2)c2cccnc12. The van der Waals surface area contributed by atoms with Crippen LogP contribution in [0.15, 0.2) is 60.8 Å². The molecule has 59 heavy (non-hydrogen) atoms. The van der Waals surface area contributed by atoms with Crippen molar-refractivity contribution in [3.05, 3.63) is 83.2 Å². The van der Waals surface area contributed by atoms with E-state index in [4.69, 9.17) is 4.74 Å². The molecule has 3 N–H and O–H groups in total. The fraction of sp³-hybridized carbons (Fsp3) is 0.477. The Balaban J connectivity index is 0.693. The number of amides is 3. The number of carbonyl (C=O) groups is 3. The second-order valence-corrected chi connectivity index (χ2v) is 16.6. The maximum Gasteiger partial charge on any atom is 0.272 e. The molecule has 4 aromatic rings. The van der Waals surface area contributed by atoms with Crippen molar-refractivity contribution in [1.29, 1.82) is 5.26 Å². The molecule has 15 heteroatoms. The molecule has 0 bridgehead atoms. The first-order chi connectivity index (χ1) is 28.8. The summed E-state index contributed by atoms with van der Waals surface area (Å²) in [6.07, 6.45) is 6.80. The van der Waals surface area contributed by atoms with Crippen LogP contribution in [-0.2, 0) is 11.3 Å². The Kier molecular flexibility index (Phi) is 11.0. The van der Waals surface area contributed by atoms with Gasteiger partial charge in [-0.25, -0.2) is 0 Å². The molecule has 4 aliphatic heterocycles. The van der Waals surface area contributed by atoms with Crippen molar-refractivity contribution in [2.24, 2.45) is 5.92 Å². The molecule has 1 saturated carbocycles. The van der Waals surface area contributed by atoms with Crippen LogP contribution in [0.4, 0.5) is 11.5 Å². The van der Waals surface area contributed by atoms with E-state index in [-0.39, 0.29) is 29.9 Å². The highest BCUT2D eigenvalue weighted by molar-refractivity contribution is 5.99. The number of anilines is 2. The number of aliphatic hydroxyl groups is 1. The number of rotatable bonds is 9. The summed E-state index contributed by atoms with van der Waals surface area (Å²) < 4.78 is 6.36. The number of hydrogen-bond donors (Lipinski definition) is 3. The monoisotopic (exact) mass is 798 g/mol. The quantitative estimate of drug-likeness (QED) is 0.224. The van der Waals surface area contributed by atoms with E-state index in [2.05, 4.69) is 52.7 Å². The number of carbonyl (C=O) groups excluding carboxylic acids is 3. The van der Waals surface area contributed by atoms with Gasteiger partial charge in [0.05, 0.1) is 23.2 Å². The molecule has 306 valence electrons. The second kappa shape index (κ2) is 16.8. The first-order valence-electron chi connectivity index (χ1n) is 21.0. The summed E-state index contributed by atoms with van der Waals surface area (Å²) in [5.41, 5.74) is 4.27. The molecule has 0 spiro atoms. The van der Waals surface area contributed by atoms with Crippen LogP contribution in [0.5, 0.6) is 5.75 Å². The number of aromatic nitrogens is 3. The summed E-state index contributed by atoms with van der Waals surface area (Å²) in [7, 11) is 0. The predicted molar refractivity (Wildman–Crippen MR) is 220 cm³/mol. The molecule has 3 amide bonds. The molecule has 1 unspecified atom stereocenters. The summed E-state index contributed by atoms with van der Waals surface area (Å²) in [4.78, 5) is 51.3. The Hall–Kier alpha value is -5.85. The van der Waals surface area contributed by atoms with Gasteiger partial charge in [0.15, 0.2) is 11.5 Å². The third-order valence-electron chi connectivity index (χ3n) is 12.9. The molecule has 2 atom stereocenters. The fourth-order valence-electron chi connectivity index (χ4n) is 9.51. The smallest absolute Gasteiger partial charge is 0.272 e. The fourth-order valence-corrected chi connectivity index (χ4v) is 9.51. The van der Waals surface area contributed by atoms with Gasteiger partial charge in [-0.3, -0.25) is 24.3 Å². The Bertz CT molecular complexity index is 2240. The van der Waals surface area contributed by atoms with E-state index in [0.29, 0.717) is 47.6 Å². The summed E-state index contributed by atoms with van der Waals surface area (Å²) in [5, 5.41) is 35.2. The Morgan fingerprint density at radius 2 is 1.73 bits per heavy atom. The molecule has 9 rings (SSSR count). The highest BCUT2D eigenvalue weighted by atomic mass is 16.5. The Morgan fingerprint density at radius 1 is 0.915 bits per heavy atom. The molecule has 3 saturated heterocycles. The molecule has 6 heterocycles. The zero-order valence-corrected chi connectivity index (χ0v) is 33.1. The maximum absolute atomic E-state index is 13.2. The van der Waals surface area contributed by atoms with Crippen molar-refractivity contribution >= 4 is 40.1 Å². The largest absolute Gasteiger partial charge is 0.490 e. The lowest BCUT2D eigenvalue weighted by molar-refractivity contribution is -0.129. The van der Waals surface area contributed by atoms with Crippen molar-refractivity contribution in [1.82, 2.24) is 35.6 Å². The zero-order chi connectivity index (χ0) is 40.5. The summed E-state index contributed by atoms with van der Waals surface area (Å²) in [5.74, 6) is 1.67. The number of nitriles is 1. The van der Waals surface area contributed by atoms with E-state index in [9.17, 15) is 24.8 Å². The van der Waals surface area contributed by atoms with Gasteiger partial charge in [-0.15, -0.1) is 10.2 Å². The van der Waals surface area contributed by atoms with E-state index in [0.717, 1.165) is 113 Å². The van der Waals surface area contributed by atoms with Crippen LogP contribution < -0.4 is 25.2 Å². The lowest BCUT2D eigenvalue weighted by Crippen LogP contribution is -2.55. The summed E-state index contributed by atoms with van der Waals surface area (Å²) in [6, 6.07) is 19.0. The Labute approximate surface area is 343 Å². The summed E-state index contributed by atoms with van der Waals surface area (Å²) in [6.45, 7) is 7.12. The van der Waals surface area contributed by atoms with Crippen LogP contribution in [0.1, 0.15) is 83.3 Å². The van der Waals surface area contributed by atoms with Crippen LogP contribution in [0.2, 0.25) is 0 Å². The number of benzene rings is 2. The van der Waals surface area contributed by atoms with E-state index < -0.39 is 12.3 Å². The molecule has 15 nitrogen and oxygen atoms in total. The van der Waals surface area contributed by atoms with Crippen LogP contribution >= 0.6 is 0 Å². The average molecular weight is 799 g/mol. The van der Waals surface area contributed by atoms with Gasteiger partial charge in [0.25, 0.3) is 11.8 Å². The minimum Gasteiger partial charge on any atom is -0.490 e. The second-order valence-electron chi connectivity index (χ2n) is 16.6. The third-order valence-corrected chi connectivity index (χ3v) is 12.9. The standard InChI is InChI=1S/C44H50N10O5/c45-25-29-3-12-38(35-2-1-17-46-41(29)35)59-33-7-4-31(5-8-33)47-42(56)36-10-13-39(50-49-36)53-18-15-28(16-19-53)26-51-20-22-52(23-21-51)32-6-9-34-30(24-32)27-54(44(34)58)37-11-14-40(55)48-43(37)57/h1-3,6,9-10,12-13,17,24,28,31,33,37,43,57H,4-5,7-8,11,14-16,18-23,26-27H2,(H,47,56)(H,48,55)/t31?,33?,37-,43?/m0/s1.